The second-order valence-electron chi connectivity index (χ2n) is 7.73. The van der Waals surface area contributed by atoms with Gasteiger partial charge in [0.2, 0.25) is 5.56 Å². The molecule has 0 saturated carbocycles. The normalized spacial score (nSPS) is 12.9. The summed E-state index contributed by atoms with van der Waals surface area (Å²) in [6.45, 7) is -1.59. The number of benzene rings is 2. The molecule has 0 aliphatic rings. The van der Waals surface area contributed by atoms with Gasteiger partial charge in [-0.2, -0.15) is 13.2 Å². The first-order valence-corrected chi connectivity index (χ1v) is 10.6. The zero-order valence-corrected chi connectivity index (χ0v) is 19.1. The fraction of sp³-hybridized carbons (Fsp3) is 0.208. The van der Waals surface area contributed by atoms with Gasteiger partial charge in [-0.1, -0.05) is 41.0 Å². The van der Waals surface area contributed by atoms with Gasteiger partial charge in [-0.05, 0) is 35.4 Å². The molecule has 1 aromatic heterocycles. The van der Waals surface area contributed by atoms with Crippen LogP contribution in [0, 0.1) is 5.82 Å². The van der Waals surface area contributed by atoms with Crippen molar-refractivity contribution in [3.63, 3.8) is 0 Å². The van der Waals surface area contributed by atoms with E-state index in [4.69, 9.17) is 11.6 Å². The number of nitrogens with one attached hydrogen (secondary N) is 1. The van der Waals surface area contributed by atoms with Crippen LogP contribution in [0.1, 0.15) is 39.4 Å². The lowest BCUT2D eigenvalue weighted by Crippen LogP contribution is -2.34. The molecule has 1 heterocycles. The van der Waals surface area contributed by atoms with E-state index >= 15 is 0 Å². The lowest BCUT2D eigenvalue weighted by atomic mass is 9.85. The number of hydrogen-bond donors (Lipinski definition) is 2. The predicted molar refractivity (Wildman–Crippen MR) is 123 cm³/mol. The minimum atomic E-state index is -4.64. The lowest BCUT2D eigenvalue weighted by Gasteiger charge is -2.21. The molecular formula is C24H20ClF4N3O3. The maximum absolute atomic E-state index is 14.8. The lowest BCUT2D eigenvalue weighted by molar-refractivity contribution is -0.123. The van der Waals surface area contributed by atoms with Crippen LogP contribution in [0.5, 0.6) is 0 Å². The zero-order valence-electron chi connectivity index (χ0n) is 18.3. The number of hydrogen-bond acceptors (Lipinski definition) is 4. The van der Waals surface area contributed by atoms with Crippen LogP contribution in [0.3, 0.4) is 0 Å². The Balaban J connectivity index is 2.00. The van der Waals surface area contributed by atoms with Crippen molar-refractivity contribution in [2.45, 2.75) is 18.5 Å². The van der Waals surface area contributed by atoms with Gasteiger partial charge < -0.3 is 15.1 Å². The molecule has 2 N–H and O–H groups in total. The van der Waals surface area contributed by atoms with Gasteiger partial charge in [0.15, 0.2) is 0 Å². The first-order valence-electron chi connectivity index (χ1n) is 10.3. The maximum atomic E-state index is 14.8. The summed E-state index contributed by atoms with van der Waals surface area (Å²) < 4.78 is 53.3. The molecular weight excluding hydrogens is 490 g/mol. The monoisotopic (exact) mass is 509 g/mol. The van der Waals surface area contributed by atoms with Crippen LogP contribution in [0.4, 0.5) is 17.6 Å². The van der Waals surface area contributed by atoms with Crippen molar-refractivity contribution in [3.8, 4) is 0 Å². The molecule has 35 heavy (non-hydrogen) atoms. The SMILES string of the molecule is Cn1cc(/C(CC(c2ccc(C(=O)NCC(F)(F)F)c(F)c2)c2ccccc2Cl)=N\O)ccc1=O. The third-order valence-corrected chi connectivity index (χ3v) is 5.65. The van der Waals surface area contributed by atoms with Crippen molar-refractivity contribution in [2.24, 2.45) is 12.2 Å². The van der Waals surface area contributed by atoms with Crippen LogP contribution in [-0.4, -0.2) is 34.1 Å². The molecule has 0 fully saturated rings. The fourth-order valence-corrected chi connectivity index (χ4v) is 3.81. The highest BCUT2D eigenvalue weighted by Crippen LogP contribution is 2.35. The standard InChI is InChI=1S/C24H20ClF4N3O3/c1-32-12-15(7-9-22(32)33)21(31-35)11-18(16-4-2-3-5-19(16)25)14-6-8-17(20(26)10-14)23(34)30-13-24(27,28)29/h2-10,12,18,35H,11,13H2,1H3,(H,30,34)/b31-21-. The van der Waals surface area contributed by atoms with E-state index in [0.29, 0.717) is 21.7 Å². The van der Waals surface area contributed by atoms with Crippen molar-refractivity contribution in [1.82, 2.24) is 9.88 Å². The summed E-state index contributed by atoms with van der Waals surface area (Å²) in [6, 6.07) is 13.0. The van der Waals surface area contributed by atoms with E-state index in [9.17, 15) is 32.4 Å². The molecule has 3 aromatic rings. The Morgan fingerprint density at radius 1 is 1.17 bits per heavy atom. The molecule has 2 aromatic carbocycles. The molecule has 1 amide bonds. The third-order valence-electron chi connectivity index (χ3n) is 5.31. The molecule has 184 valence electrons. The molecule has 0 saturated heterocycles. The molecule has 1 unspecified atom stereocenters. The Hall–Kier alpha value is -3.66. The van der Waals surface area contributed by atoms with Crippen LogP contribution < -0.4 is 10.9 Å². The Morgan fingerprint density at radius 3 is 2.49 bits per heavy atom. The van der Waals surface area contributed by atoms with Crippen molar-refractivity contribution in [2.75, 3.05) is 6.54 Å². The Labute approximate surface area is 202 Å². The van der Waals surface area contributed by atoms with E-state index in [1.807, 2.05) is 0 Å². The van der Waals surface area contributed by atoms with Crippen LogP contribution >= 0.6 is 11.6 Å². The first kappa shape index (κ1) is 26.0. The number of amides is 1. The van der Waals surface area contributed by atoms with Gasteiger partial charge in [-0.15, -0.1) is 0 Å². The fourth-order valence-electron chi connectivity index (χ4n) is 3.55. The number of halogens is 5. The molecule has 3 rings (SSSR count). The van der Waals surface area contributed by atoms with Gasteiger partial charge in [0.25, 0.3) is 5.91 Å². The highest BCUT2D eigenvalue weighted by atomic mass is 35.5. The summed E-state index contributed by atoms with van der Waals surface area (Å²) in [5.41, 5.74) is 0.705. The number of aryl methyl sites for hydroxylation is 1. The van der Waals surface area contributed by atoms with Crippen LogP contribution in [0.15, 0.2) is 70.7 Å². The summed E-state index contributed by atoms with van der Waals surface area (Å²) in [4.78, 5) is 23.8. The Bertz CT molecular complexity index is 1320. The number of alkyl halides is 3. The zero-order chi connectivity index (χ0) is 25.8. The number of pyridine rings is 1. The van der Waals surface area contributed by atoms with Gasteiger partial charge in [-0.3, -0.25) is 9.59 Å². The number of carbonyl (C=O) groups is 1. The van der Waals surface area contributed by atoms with Gasteiger partial charge in [0.05, 0.1) is 11.3 Å². The van der Waals surface area contributed by atoms with Crippen LogP contribution in [-0.2, 0) is 7.05 Å². The average Bonchev–Trinajstić information content (AvgIpc) is 2.80. The predicted octanol–water partition coefficient (Wildman–Crippen LogP) is 4.87. The van der Waals surface area contributed by atoms with Crippen molar-refractivity contribution < 1.29 is 27.6 Å². The van der Waals surface area contributed by atoms with Gasteiger partial charge in [0.1, 0.15) is 12.4 Å². The summed E-state index contributed by atoms with van der Waals surface area (Å²) >= 11 is 6.38. The van der Waals surface area contributed by atoms with E-state index in [2.05, 4.69) is 5.16 Å². The summed E-state index contributed by atoms with van der Waals surface area (Å²) in [5, 5.41) is 15.0. The third kappa shape index (κ3) is 6.48. The minimum Gasteiger partial charge on any atom is -0.411 e. The van der Waals surface area contributed by atoms with E-state index < -0.39 is 35.9 Å². The first-order chi connectivity index (χ1) is 16.5. The van der Waals surface area contributed by atoms with E-state index in [1.165, 1.54) is 36.0 Å². The number of carbonyl (C=O) groups excluding carboxylic acids is 1. The van der Waals surface area contributed by atoms with Crippen molar-refractivity contribution >= 4 is 23.2 Å². The molecule has 0 spiro atoms. The number of aromatic nitrogens is 1. The summed E-state index contributed by atoms with van der Waals surface area (Å²) in [5.74, 6) is -2.89. The van der Waals surface area contributed by atoms with Gasteiger partial charge in [-0.25, -0.2) is 4.39 Å². The van der Waals surface area contributed by atoms with Crippen LogP contribution in [0.25, 0.3) is 0 Å². The van der Waals surface area contributed by atoms with Crippen LogP contribution in [0.2, 0.25) is 5.02 Å². The van der Waals surface area contributed by atoms with E-state index in [-0.39, 0.29) is 17.7 Å². The molecule has 0 radical (unpaired) electrons. The molecule has 6 nitrogen and oxygen atoms in total. The molecule has 0 aliphatic heterocycles. The summed E-state index contributed by atoms with van der Waals surface area (Å²) in [6.07, 6.45) is -3.13. The number of oxime groups is 1. The quantitative estimate of drug-likeness (QED) is 0.206. The van der Waals surface area contributed by atoms with E-state index in [0.717, 1.165) is 12.1 Å². The maximum Gasteiger partial charge on any atom is 0.405 e. The van der Waals surface area contributed by atoms with Crippen molar-refractivity contribution in [3.05, 3.63) is 104 Å². The topological polar surface area (TPSA) is 83.7 Å². The molecule has 1 atom stereocenters. The van der Waals surface area contributed by atoms with Crippen molar-refractivity contribution in [1.29, 1.82) is 0 Å². The molecule has 11 heteroatoms. The number of rotatable bonds is 7. The average molecular weight is 510 g/mol. The van der Waals surface area contributed by atoms with Gasteiger partial charge in [0, 0.05) is 42.2 Å². The highest BCUT2D eigenvalue weighted by Gasteiger charge is 2.29. The Kier molecular flexibility index (Phi) is 7.96. The minimum absolute atomic E-state index is 0.0253. The molecule has 0 bridgehead atoms. The largest absolute Gasteiger partial charge is 0.411 e. The Morgan fingerprint density at radius 2 is 1.89 bits per heavy atom. The molecule has 0 aliphatic carbocycles. The summed E-state index contributed by atoms with van der Waals surface area (Å²) in [7, 11) is 1.53. The smallest absolute Gasteiger partial charge is 0.405 e. The second-order valence-corrected chi connectivity index (χ2v) is 8.14. The second kappa shape index (κ2) is 10.7. The van der Waals surface area contributed by atoms with Gasteiger partial charge >= 0.3 is 6.18 Å². The van der Waals surface area contributed by atoms with E-state index in [1.54, 1.807) is 29.6 Å². The number of nitrogens with zero attached hydrogens (tertiary/aromatic N) is 2. The highest BCUT2D eigenvalue weighted by molar-refractivity contribution is 6.31.